The van der Waals surface area contributed by atoms with Crippen molar-refractivity contribution < 1.29 is 28.5 Å². The molecule has 174 valence electrons. The van der Waals surface area contributed by atoms with E-state index in [1.54, 1.807) is 0 Å². The van der Waals surface area contributed by atoms with Crippen molar-refractivity contribution in [1.29, 1.82) is 0 Å². The van der Waals surface area contributed by atoms with Crippen LogP contribution in [0.15, 0.2) is 30.3 Å². The fourth-order valence-corrected chi connectivity index (χ4v) is 5.30. The number of aliphatic hydroxyl groups is 1. The number of cyclic esters (lactones) is 1. The third-order valence-corrected chi connectivity index (χ3v) is 11.6. The predicted octanol–water partition coefficient (Wildman–Crippen LogP) is 3.92. The molecular weight excluding hydrogens is 412 g/mol. The zero-order valence-electron chi connectivity index (χ0n) is 19.8. The standard InChI is InChI=1S/C24H38O6Si/c1-15(19-18(13-25)28-19)20(27-14-17-11-9-8-10-12-17)22-21(16(2)23(26)29-22)30-31(6,7)24(3,4)5/h8-12,15-16,18-22,25H,13-14H2,1-7H3/t15-,16-,18+,19-,20+,21-,22+/m1/s1. The topological polar surface area (TPSA) is 77.5 Å². The summed E-state index contributed by atoms with van der Waals surface area (Å²) < 4.78 is 24.7. The van der Waals surface area contributed by atoms with Gasteiger partial charge in [-0.2, -0.15) is 0 Å². The Morgan fingerprint density at radius 2 is 1.81 bits per heavy atom. The molecule has 2 aliphatic rings. The van der Waals surface area contributed by atoms with Crippen LogP contribution in [0.1, 0.15) is 40.2 Å². The van der Waals surface area contributed by atoms with Crippen molar-refractivity contribution in [2.24, 2.45) is 11.8 Å². The van der Waals surface area contributed by atoms with Crippen LogP contribution in [0.25, 0.3) is 0 Å². The number of ether oxygens (including phenoxy) is 3. The molecule has 2 aliphatic heterocycles. The summed E-state index contributed by atoms with van der Waals surface area (Å²) in [5.41, 5.74) is 1.05. The Bertz CT molecular complexity index is 746. The van der Waals surface area contributed by atoms with Gasteiger partial charge in [0.05, 0.1) is 31.3 Å². The molecule has 7 atom stereocenters. The van der Waals surface area contributed by atoms with E-state index in [2.05, 4.69) is 33.9 Å². The van der Waals surface area contributed by atoms with Gasteiger partial charge in [0, 0.05) is 5.92 Å². The number of benzene rings is 1. The number of epoxide rings is 1. The average Bonchev–Trinajstić information content (AvgIpc) is 3.45. The van der Waals surface area contributed by atoms with Crippen LogP contribution in [0.3, 0.4) is 0 Å². The monoisotopic (exact) mass is 450 g/mol. The number of carbonyl (C=O) groups is 1. The van der Waals surface area contributed by atoms with E-state index in [9.17, 15) is 9.90 Å². The molecule has 6 nitrogen and oxygen atoms in total. The van der Waals surface area contributed by atoms with Crippen molar-refractivity contribution in [1.82, 2.24) is 0 Å². The lowest BCUT2D eigenvalue weighted by molar-refractivity contribution is -0.154. The van der Waals surface area contributed by atoms with E-state index in [-0.39, 0.29) is 47.8 Å². The predicted molar refractivity (Wildman–Crippen MR) is 121 cm³/mol. The molecule has 1 aromatic rings. The normalized spacial score (nSPS) is 30.7. The van der Waals surface area contributed by atoms with Gasteiger partial charge in [0.25, 0.3) is 0 Å². The molecule has 7 heteroatoms. The van der Waals surface area contributed by atoms with Crippen LogP contribution in [0, 0.1) is 11.8 Å². The number of esters is 1. The van der Waals surface area contributed by atoms with E-state index in [1.165, 1.54) is 0 Å². The summed E-state index contributed by atoms with van der Waals surface area (Å²) in [5, 5.41) is 9.50. The van der Waals surface area contributed by atoms with E-state index in [4.69, 9.17) is 18.6 Å². The highest BCUT2D eigenvalue weighted by Crippen LogP contribution is 2.43. The first-order chi connectivity index (χ1) is 14.5. The van der Waals surface area contributed by atoms with Crippen LogP contribution in [0.2, 0.25) is 18.1 Å². The van der Waals surface area contributed by atoms with Gasteiger partial charge in [-0.05, 0) is 30.6 Å². The average molecular weight is 451 g/mol. The van der Waals surface area contributed by atoms with Gasteiger partial charge in [0.1, 0.15) is 12.2 Å². The molecule has 3 rings (SSSR count). The smallest absolute Gasteiger partial charge is 0.311 e. The van der Waals surface area contributed by atoms with Crippen molar-refractivity contribution >= 4 is 14.3 Å². The van der Waals surface area contributed by atoms with Gasteiger partial charge in [0.15, 0.2) is 14.4 Å². The van der Waals surface area contributed by atoms with Gasteiger partial charge in [-0.15, -0.1) is 0 Å². The molecule has 0 unspecified atom stereocenters. The van der Waals surface area contributed by atoms with E-state index < -0.39 is 20.5 Å². The second-order valence-corrected chi connectivity index (χ2v) is 15.2. The molecule has 0 saturated carbocycles. The molecule has 2 fully saturated rings. The lowest BCUT2D eigenvalue weighted by atomic mass is 9.90. The molecule has 0 bridgehead atoms. The van der Waals surface area contributed by atoms with E-state index >= 15 is 0 Å². The Balaban J connectivity index is 1.84. The van der Waals surface area contributed by atoms with Crippen LogP contribution in [0.4, 0.5) is 0 Å². The highest BCUT2D eigenvalue weighted by molar-refractivity contribution is 6.74. The molecule has 0 radical (unpaired) electrons. The van der Waals surface area contributed by atoms with Crippen molar-refractivity contribution in [3.8, 4) is 0 Å². The Hall–Kier alpha value is -1.25. The number of rotatable bonds is 9. The summed E-state index contributed by atoms with van der Waals surface area (Å²) in [6.07, 6.45) is -1.59. The number of carbonyl (C=O) groups excluding carboxylic acids is 1. The molecule has 0 aliphatic carbocycles. The SMILES string of the molecule is C[C@H]([C@H]1O[C@H]1CO)[C@H](OCc1ccccc1)[C@@H]1OC(=O)[C@H](C)[C@H]1O[Si](C)(C)C(C)(C)C. The quantitative estimate of drug-likeness (QED) is 0.349. The van der Waals surface area contributed by atoms with Gasteiger partial charge in [0.2, 0.25) is 0 Å². The van der Waals surface area contributed by atoms with Crippen LogP contribution >= 0.6 is 0 Å². The molecule has 1 N–H and O–H groups in total. The van der Waals surface area contributed by atoms with Crippen molar-refractivity contribution in [3.05, 3.63) is 35.9 Å². The maximum absolute atomic E-state index is 12.6. The van der Waals surface area contributed by atoms with Crippen LogP contribution < -0.4 is 0 Å². The summed E-state index contributed by atoms with van der Waals surface area (Å²) in [6, 6.07) is 9.95. The lowest BCUT2D eigenvalue weighted by Crippen LogP contribution is -2.51. The minimum Gasteiger partial charge on any atom is -0.457 e. The molecule has 0 spiro atoms. The molecule has 0 aromatic heterocycles. The maximum atomic E-state index is 12.6. The van der Waals surface area contributed by atoms with Crippen LogP contribution in [0.5, 0.6) is 0 Å². The van der Waals surface area contributed by atoms with E-state index in [0.29, 0.717) is 6.61 Å². The molecular formula is C24H38O6Si. The molecule has 31 heavy (non-hydrogen) atoms. The summed E-state index contributed by atoms with van der Waals surface area (Å²) in [7, 11) is -2.14. The number of aliphatic hydroxyl groups excluding tert-OH is 1. The van der Waals surface area contributed by atoms with Gasteiger partial charge in [-0.1, -0.05) is 58.0 Å². The molecule has 2 heterocycles. The van der Waals surface area contributed by atoms with Crippen molar-refractivity contribution in [3.63, 3.8) is 0 Å². The van der Waals surface area contributed by atoms with Crippen molar-refractivity contribution in [2.45, 2.75) is 89.9 Å². The van der Waals surface area contributed by atoms with Gasteiger partial charge >= 0.3 is 5.97 Å². The highest BCUT2D eigenvalue weighted by Gasteiger charge is 2.55. The Morgan fingerprint density at radius 1 is 1.16 bits per heavy atom. The first kappa shape index (κ1) is 24.4. The number of hydrogen-bond acceptors (Lipinski definition) is 6. The lowest BCUT2D eigenvalue weighted by Gasteiger charge is -2.41. The van der Waals surface area contributed by atoms with Gasteiger partial charge in [-0.3, -0.25) is 4.79 Å². The fourth-order valence-electron chi connectivity index (χ4n) is 3.93. The van der Waals surface area contributed by atoms with Gasteiger partial charge < -0.3 is 23.7 Å². The maximum Gasteiger partial charge on any atom is 0.311 e. The third kappa shape index (κ3) is 5.39. The number of hydrogen-bond donors (Lipinski definition) is 1. The summed E-state index contributed by atoms with van der Waals surface area (Å²) in [5.74, 6) is -0.665. The molecule has 0 amide bonds. The van der Waals surface area contributed by atoms with Crippen LogP contribution in [-0.2, 0) is 30.0 Å². The Morgan fingerprint density at radius 3 is 2.35 bits per heavy atom. The Kier molecular flexibility index (Phi) is 7.33. The first-order valence-corrected chi connectivity index (χ1v) is 14.2. The molecule has 1 aromatic carbocycles. The third-order valence-electron chi connectivity index (χ3n) is 7.12. The zero-order chi connectivity index (χ0) is 23.0. The largest absolute Gasteiger partial charge is 0.457 e. The second-order valence-electron chi connectivity index (χ2n) is 10.5. The first-order valence-electron chi connectivity index (χ1n) is 11.3. The zero-order valence-corrected chi connectivity index (χ0v) is 20.8. The second kappa shape index (κ2) is 9.31. The summed E-state index contributed by atoms with van der Waals surface area (Å²) in [4.78, 5) is 12.6. The summed E-state index contributed by atoms with van der Waals surface area (Å²) >= 11 is 0. The fraction of sp³-hybridized carbons (Fsp3) is 0.708. The highest BCUT2D eigenvalue weighted by atomic mass is 28.4. The van der Waals surface area contributed by atoms with E-state index in [0.717, 1.165) is 5.56 Å². The van der Waals surface area contributed by atoms with Crippen molar-refractivity contribution in [2.75, 3.05) is 6.61 Å². The summed E-state index contributed by atoms with van der Waals surface area (Å²) in [6.45, 7) is 15.2. The Labute approximate surface area is 187 Å². The van der Waals surface area contributed by atoms with E-state index in [1.807, 2.05) is 44.2 Å². The minimum absolute atomic E-state index is 0.0104. The van der Waals surface area contributed by atoms with Crippen LogP contribution in [-0.4, -0.2) is 56.5 Å². The minimum atomic E-state index is -2.14. The molecule has 2 saturated heterocycles. The van der Waals surface area contributed by atoms with Gasteiger partial charge in [-0.25, -0.2) is 0 Å².